The van der Waals surface area contributed by atoms with Crippen molar-refractivity contribution in [3.63, 3.8) is 0 Å². The van der Waals surface area contributed by atoms with Gasteiger partial charge in [0.25, 0.3) is 0 Å². The molecule has 0 saturated carbocycles. The highest BCUT2D eigenvalue weighted by atomic mass is 79.9. The van der Waals surface area contributed by atoms with Crippen LogP contribution in [0.15, 0.2) is 45.3 Å². The summed E-state index contributed by atoms with van der Waals surface area (Å²) in [5.41, 5.74) is 8.33. The Hall–Kier alpha value is -1.07. The van der Waals surface area contributed by atoms with E-state index in [1.807, 2.05) is 24.3 Å². The number of anilines is 2. The van der Waals surface area contributed by atoms with Crippen molar-refractivity contribution in [3.05, 3.63) is 56.7 Å². The largest absolute Gasteiger partial charge is 0.399 e. The third-order valence-electron chi connectivity index (χ3n) is 2.43. The summed E-state index contributed by atoms with van der Waals surface area (Å²) in [6, 6.07) is 10.5. The van der Waals surface area contributed by atoms with Crippen molar-refractivity contribution < 1.29 is 4.39 Å². The minimum Gasteiger partial charge on any atom is -0.399 e. The maximum absolute atomic E-state index is 13.1. The molecule has 0 saturated heterocycles. The van der Waals surface area contributed by atoms with E-state index in [2.05, 4.69) is 37.2 Å². The molecular formula is C13H11Br2FN2. The lowest BCUT2D eigenvalue weighted by atomic mass is 10.2. The minimum atomic E-state index is -0.289. The van der Waals surface area contributed by atoms with Gasteiger partial charge in [-0.2, -0.15) is 0 Å². The molecule has 0 aromatic heterocycles. The maximum Gasteiger partial charge on any atom is 0.125 e. The molecule has 0 amide bonds. The van der Waals surface area contributed by atoms with E-state index in [-0.39, 0.29) is 5.82 Å². The summed E-state index contributed by atoms with van der Waals surface area (Å²) in [4.78, 5) is 0. The van der Waals surface area contributed by atoms with E-state index in [4.69, 9.17) is 5.73 Å². The molecule has 0 aliphatic rings. The van der Waals surface area contributed by atoms with Crippen molar-refractivity contribution in [1.82, 2.24) is 0 Å². The Labute approximate surface area is 122 Å². The first-order chi connectivity index (χ1) is 8.56. The SMILES string of the molecule is Nc1cccc(CNc2c(Br)cc(F)cc2Br)c1. The Kier molecular flexibility index (Phi) is 4.24. The predicted molar refractivity (Wildman–Crippen MR) is 80.0 cm³/mol. The van der Waals surface area contributed by atoms with Crippen molar-refractivity contribution in [2.45, 2.75) is 6.54 Å². The van der Waals surface area contributed by atoms with Gasteiger partial charge in [0.15, 0.2) is 0 Å². The van der Waals surface area contributed by atoms with Crippen molar-refractivity contribution in [1.29, 1.82) is 0 Å². The number of benzene rings is 2. The van der Waals surface area contributed by atoms with Gasteiger partial charge in [-0.3, -0.25) is 0 Å². The van der Waals surface area contributed by atoms with Gasteiger partial charge in [0, 0.05) is 21.2 Å². The third kappa shape index (κ3) is 3.23. The number of nitrogens with two attached hydrogens (primary N) is 1. The van der Waals surface area contributed by atoms with Crippen molar-refractivity contribution in [2.24, 2.45) is 0 Å². The highest BCUT2D eigenvalue weighted by molar-refractivity contribution is 9.11. The van der Waals surface area contributed by atoms with Crippen LogP contribution in [-0.2, 0) is 6.54 Å². The van der Waals surface area contributed by atoms with E-state index >= 15 is 0 Å². The average molecular weight is 374 g/mol. The minimum absolute atomic E-state index is 0.289. The fraction of sp³-hybridized carbons (Fsp3) is 0.0769. The number of hydrogen-bond donors (Lipinski definition) is 2. The Morgan fingerprint density at radius 2 is 1.78 bits per heavy atom. The maximum atomic E-state index is 13.1. The Morgan fingerprint density at radius 1 is 1.11 bits per heavy atom. The molecule has 0 bridgehead atoms. The fourth-order valence-corrected chi connectivity index (χ4v) is 3.02. The normalized spacial score (nSPS) is 10.4. The zero-order valence-corrected chi connectivity index (χ0v) is 12.6. The molecule has 2 nitrogen and oxygen atoms in total. The molecule has 94 valence electrons. The van der Waals surface area contributed by atoms with Crippen molar-refractivity contribution in [2.75, 3.05) is 11.1 Å². The molecule has 18 heavy (non-hydrogen) atoms. The first kappa shape index (κ1) is 13.4. The Morgan fingerprint density at radius 3 is 2.39 bits per heavy atom. The van der Waals surface area contributed by atoms with Crippen LogP contribution in [0.2, 0.25) is 0 Å². The van der Waals surface area contributed by atoms with E-state index < -0.39 is 0 Å². The number of hydrogen-bond acceptors (Lipinski definition) is 2. The second-order valence-corrected chi connectivity index (χ2v) is 5.55. The topological polar surface area (TPSA) is 38.0 Å². The number of rotatable bonds is 3. The van der Waals surface area contributed by atoms with Gasteiger partial charge in [0.2, 0.25) is 0 Å². The summed E-state index contributed by atoms with van der Waals surface area (Å²) >= 11 is 6.66. The summed E-state index contributed by atoms with van der Waals surface area (Å²) in [5, 5.41) is 3.24. The van der Waals surface area contributed by atoms with Gasteiger partial charge in [-0.05, 0) is 61.7 Å². The molecule has 2 aromatic carbocycles. The first-order valence-electron chi connectivity index (χ1n) is 5.29. The molecular weight excluding hydrogens is 363 g/mol. The van der Waals surface area contributed by atoms with E-state index in [0.29, 0.717) is 15.5 Å². The van der Waals surface area contributed by atoms with Crippen LogP contribution in [0.25, 0.3) is 0 Å². The molecule has 0 fully saturated rings. The molecule has 0 unspecified atom stereocenters. The highest BCUT2D eigenvalue weighted by Crippen LogP contribution is 2.32. The number of nitrogens with one attached hydrogen (secondary N) is 1. The number of halogens is 3. The van der Waals surface area contributed by atoms with Gasteiger partial charge in [-0.15, -0.1) is 0 Å². The smallest absolute Gasteiger partial charge is 0.125 e. The predicted octanol–water partition coefficient (Wildman–Crippen LogP) is 4.55. The molecule has 0 heterocycles. The summed E-state index contributed by atoms with van der Waals surface area (Å²) in [5.74, 6) is -0.289. The molecule has 3 N–H and O–H groups in total. The molecule has 0 radical (unpaired) electrons. The zero-order valence-electron chi connectivity index (χ0n) is 9.38. The van der Waals surface area contributed by atoms with Gasteiger partial charge in [-0.1, -0.05) is 12.1 Å². The van der Waals surface area contributed by atoms with Crippen LogP contribution in [0.4, 0.5) is 15.8 Å². The van der Waals surface area contributed by atoms with Gasteiger partial charge < -0.3 is 11.1 Å². The molecule has 0 atom stereocenters. The van der Waals surface area contributed by atoms with Crippen LogP contribution in [0.5, 0.6) is 0 Å². The van der Waals surface area contributed by atoms with E-state index in [0.717, 1.165) is 16.9 Å². The summed E-state index contributed by atoms with van der Waals surface area (Å²) in [7, 11) is 0. The lowest BCUT2D eigenvalue weighted by Gasteiger charge is -2.11. The summed E-state index contributed by atoms with van der Waals surface area (Å²) in [6.07, 6.45) is 0. The molecule has 0 aliphatic carbocycles. The van der Waals surface area contributed by atoms with Gasteiger partial charge in [0.05, 0.1) is 5.69 Å². The van der Waals surface area contributed by atoms with Crippen LogP contribution >= 0.6 is 31.9 Å². The van der Waals surface area contributed by atoms with Crippen LogP contribution < -0.4 is 11.1 Å². The van der Waals surface area contributed by atoms with Gasteiger partial charge in [0.1, 0.15) is 5.82 Å². The second-order valence-electron chi connectivity index (χ2n) is 3.84. The zero-order chi connectivity index (χ0) is 13.1. The van der Waals surface area contributed by atoms with E-state index in [1.165, 1.54) is 12.1 Å². The van der Waals surface area contributed by atoms with E-state index in [9.17, 15) is 4.39 Å². The van der Waals surface area contributed by atoms with Crippen molar-refractivity contribution >= 4 is 43.2 Å². The quantitative estimate of drug-likeness (QED) is 0.775. The molecule has 5 heteroatoms. The average Bonchev–Trinajstić information content (AvgIpc) is 2.27. The number of nitrogen functional groups attached to an aromatic ring is 1. The lowest BCUT2D eigenvalue weighted by Crippen LogP contribution is -2.02. The lowest BCUT2D eigenvalue weighted by molar-refractivity contribution is 0.626. The Balaban J connectivity index is 2.16. The molecule has 2 rings (SSSR count). The monoisotopic (exact) mass is 372 g/mol. The van der Waals surface area contributed by atoms with Gasteiger partial charge in [-0.25, -0.2) is 4.39 Å². The summed E-state index contributed by atoms with van der Waals surface area (Å²) < 4.78 is 14.5. The first-order valence-corrected chi connectivity index (χ1v) is 6.87. The second kappa shape index (κ2) is 5.71. The molecule has 0 spiro atoms. The van der Waals surface area contributed by atoms with Crippen LogP contribution in [0.1, 0.15) is 5.56 Å². The summed E-state index contributed by atoms with van der Waals surface area (Å²) in [6.45, 7) is 0.619. The van der Waals surface area contributed by atoms with Gasteiger partial charge >= 0.3 is 0 Å². The standard InChI is InChI=1S/C13H11Br2FN2/c14-11-5-9(16)6-12(15)13(11)18-7-8-2-1-3-10(17)4-8/h1-6,18H,7,17H2. The fourth-order valence-electron chi connectivity index (χ4n) is 1.60. The van der Waals surface area contributed by atoms with Crippen LogP contribution in [-0.4, -0.2) is 0 Å². The van der Waals surface area contributed by atoms with Crippen LogP contribution in [0.3, 0.4) is 0 Å². The van der Waals surface area contributed by atoms with Crippen molar-refractivity contribution in [3.8, 4) is 0 Å². The van der Waals surface area contributed by atoms with E-state index in [1.54, 1.807) is 0 Å². The Bertz CT molecular complexity index is 550. The third-order valence-corrected chi connectivity index (χ3v) is 3.68. The molecule has 2 aromatic rings. The van der Waals surface area contributed by atoms with Crippen LogP contribution in [0, 0.1) is 5.82 Å². The highest BCUT2D eigenvalue weighted by Gasteiger charge is 2.07. The molecule has 0 aliphatic heterocycles.